The molecule has 0 amide bonds. The van der Waals surface area contributed by atoms with Crippen molar-refractivity contribution >= 4 is 17.2 Å². The van der Waals surface area contributed by atoms with Crippen LogP contribution in [0.1, 0.15) is 76.7 Å². The third kappa shape index (κ3) is 3.53. The number of Topliss-reactive ketones (excluding diaryl/α,β-unsaturated/α-hetero) is 1. The molecule has 1 N–H and O–H groups in total. The lowest BCUT2D eigenvalue weighted by atomic mass is 9.50. The fourth-order valence-corrected chi connectivity index (χ4v) is 8.24. The molecule has 0 saturated heterocycles. The summed E-state index contributed by atoms with van der Waals surface area (Å²) in [7, 11) is 5.91. The van der Waals surface area contributed by atoms with Gasteiger partial charge in [0.25, 0.3) is 0 Å². The maximum atomic E-state index is 13.5. The molecular formula is C30H40N2O3. The van der Waals surface area contributed by atoms with Gasteiger partial charge in [-0.05, 0) is 91.7 Å². The molecule has 0 aromatic heterocycles. The number of benzene rings is 1. The van der Waals surface area contributed by atoms with Gasteiger partial charge < -0.3 is 14.8 Å². The van der Waals surface area contributed by atoms with Crippen molar-refractivity contribution in [2.45, 2.75) is 76.7 Å². The average molecular weight is 477 g/mol. The van der Waals surface area contributed by atoms with E-state index in [1.165, 1.54) is 22.4 Å². The van der Waals surface area contributed by atoms with E-state index in [1.807, 2.05) is 6.92 Å². The van der Waals surface area contributed by atoms with Crippen LogP contribution in [0, 0.1) is 17.3 Å². The van der Waals surface area contributed by atoms with Gasteiger partial charge in [-0.1, -0.05) is 36.7 Å². The Hall–Kier alpha value is -2.40. The lowest BCUT2D eigenvalue weighted by molar-refractivity contribution is -0.162. The molecule has 4 aliphatic carbocycles. The minimum absolute atomic E-state index is 0.192. The van der Waals surface area contributed by atoms with Gasteiger partial charge >= 0.3 is 0 Å². The summed E-state index contributed by atoms with van der Waals surface area (Å²) in [5, 5.41) is 12.9. The first kappa shape index (κ1) is 24.3. The quantitative estimate of drug-likeness (QED) is 0.401. The molecule has 0 spiro atoms. The van der Waals surface area contributed by atoms with Crippen molar-refractivity contribution in [1.29, 1.82) is 0 Å². The van der Waals surface area contributed by atoms with Crippen LogP contribution in [0.5, 0.6) is 0 Å². The molecule has 2 fully saturated rings. The number of ether oxygens (including phenoxy) is 1. The lowest BCUT2D eigenvalue weighted by Crippen LogP contribution is -2.56. The Morgan fingerprint density at radius 2 is 1.91 bits per heavy atom. The summed E-state index contributed by atoms with van der Waals surface area (Å²) in [5.74, 6) is 1.45. The van der Waals surface area contributed by atoms with Crippen LogP contribution in [0.2, 0.25) is 0 Å². The van der Waals surface area contributed by atoms with Gasteiger partial charge in [0.2, 0.25) is 0 Å². The summed E-state index contributed by atoms with van der Waals surface area (Å²) in [6.07, 6.45) is 9.29. The molecule has 188 valence electrons. The number of hydrogen-bond acceptors (Lipinski definition) is 5. The maximum Gasteiger partial charge on any atom is 0.164 e. The van der Waals surface area contributed by atoms with E-state index in [4.69, 9.17) is 4.74 Å². The van der Waals surface area contributed by atoms with Crippen LogP contribution in [0.3, 0.4) is 0 Å². The van der Waals surface area contributed by atoms with Crippen LogP contribution in [-0.2, 0) is 9.53 Å². The van der Waals surface area contributed by atoms with Crippen LogP contribution in [0.15, 0.2) is 52.2 Å². The van der Waals surface area contributed by atoms with Crippen LogP contribution in [0.4, 0.5) is 5.69 Å². The lowest BCUT2D eigenvalue weighted by Gasteiger charge is -2.55. The highest BCUT2D eigenvalue weighted by Crippen LogP contribution is 2.67. The van der Waals surface area contributed by atoms with Crippen molar-refractivity contribution in [1.82, 2.24) is 0 Å². The van der Waals surface area contributed by atoms with Crippen molar-refractivity contribution in [2.75, 3.05) is 26.1 Å². The maximum absolute atomic E-state index is 13.5. The zero-order valence-corrected chi connectivity index (χ0v) is 21.9. The molecule has 0 bridgehead atoms. The van der Waals surface area contributed by atoms with E-state index in [1.54, 1.807) is 12.7 Å². The number of oxime groups is 1. The van der Waals surface area contributed by atoms with Crippen molar-refractivity contribution in [3.05, 3.63) is 52.6 Å². The van der Waals surface area contributed by atoms with E-state index < -0.39 is 5.60 Å². The first-order chi connectivity index (χ1) is 16.8. The monoisotopic (exact) mass is 476 g/mol. The summed E-state index contributed by atoms with van der Waals surface area (Å²) in [6, 6.07) is 9.02. The number of carbonyl (C=O) groups excluding carboxylic acids is 1. The molecule has 2 saturated carbocycles. The Labute approximate surface area is 209 Å². The second-order valence-electron chi connectivity index (χ2n) is 11.5. The van der Waals surface area contributed by atoms with Gasteiger partial charge in [-0.15, -0.1) is 0 Å². The van der Waals surface area contributed by atoms with Gasteiger partial charge in [-0.25, -0.2) is 0 Å². The summed E-state index contributed by atoms with van der Waals surface area (Å²) >= 11 is 0. The summed E-state index contributed by atoms with van der Waals surface area (Å²) in [6.45, 7) is 4.33. The fraction of sp³-hybridized carbons (Fsp3) is 0.600. The SMILES string of the molecule is CCC(=O)[C@@]1(OC)CCC2C3CCC4=C/C(=N/O)CCC4=C3[C@@H](c3ccc(N(C)C)cc3)C[C@@]21C. The molecule has 5 atom stereocenters. The number of rotatable bonds is 5. The number of ketones is 1. The van der Waals surface area contributed by atoms with E-state index in [2.05, 4.69) is 61.4 Å². The number of carbonyl (C=O) groups is 1. The topological polar surface area (TPSA) is 62.1 Å². The minimum Gasteiger partial charge on any atom is -0.411 e. The van der Waals surface area contributed by atoms with E-state index >= 15 is 0 Å². The zero-order chi connectivity index (χ0) is 25.0. The predicted molar refractivity (Wildman–Crippen MR) is 140 cm³/mol. The number of anilines is 1. The molecular weight excluding hydrogens is 436 g/mol. The average Bonchev–Trinajstić information content (AvgIpc) is 3.19. The standard InChI is InChI=1S/C30H40N2O3/c1-6-27(33)30(35-5)16-15-26-24-13-9-20-17-21(31-34)10-14-23(20)28(24)25(18-29(26,30)2)19-7-11-22(12-8-19)32(3)4/h7-8,11-12,17,24-26,34H,6,9-10,13-16,18H2,1-5H3/b31-21+/t24?,25-,26?,29+,30+/m1/s1. The van der Waals surface area contributed by atoms with E-state index in [0.29, 0.717) is 18.3 Å². The number of hydrogen-bond donors (Lipinski definition) is 1. The van der Waals surface area contributed by atoms with Gasteiger partial charge in [-0.3, -0.25) is 4.79 Å². The van der Waals surface area contributed by atoms with Crippen molar-refractivity contribution in [3.63, 3.8) is 0 Å². The molecule has 2 unspecified atom stereocenters. The van der Waals surface area contributed by atoms with Crippen molar-refractivity contribution in [2.24, 2.45) is 22.4 Å². The van der Waals surface area contributed by atoms with E-state index in [0.717, 1.165) is 50.7 Å². The zero-order valence-electron chi connectivity index (χ0n) is 21.9. The van der Waals surface area contributed by atoms with Crippen LogP contribution in [0.25, 0.3) is 0 Å². The normalized spacial score (nSPS) is 35.3. The third-order valence-corrected chi connectivity index (χ3v) is 9.93. The predicted octanol–water partition coefficient (Wildman–Crippen LogP) is 6.28. The summed E-state index contributed by atoms with van der Waals surface area (Å²) in [4.78, 5) is 15.6. The largest absolute Gasteiger partial charge is 0.411 e. The second kappa shape index (κ2) is 8.92. The molecule has 0 aliphatic heterocycles. The molecule has 4 aliphatic rings. The highest BCUT2D eigenvalue weighted by Gasteiger charge is 2.66. The number of methoxy groups -OCH3 is 1. The van der Waals surface area contributed by atoms with Crippen LogP contribution < -0.4 is 4.90 Å². The van der Waals surface area contributed by atoms with Gasteiger partial charge in [0.05, 0.1) is 5.71 Å². The molecule has 35 heavy (non-hydrogen) atoms. The van der Waals surface area contributed by atoms with Crippen molar-refractivity contribution in [3.8, 4) is 0 Å². The Balaban J connectivity index is 1.68. The number of fused-ring (bicyclic) bond motifs is 4. The summed E-state index contributed by atoms with van der Waals surface area (Å²) in [5.41, 5.74) is 6.89. The Morgan fingerprint density at radius 3 is 2.54 bits per heavy atom. The number of nitrogens with zero attached hydrogens (tertiary/aromatic N) is 2. The third-order valence-electron chi connectivity index (χ3n) is 9.93. The second-order valence-corrected chi connectivity index (χ2v) is 11.5. The Kier molecular flexibility index (Phi) is 6.19. The Morgan fingerprint density at radius 1 is 1.17 bits per heavy atom. The van der Waals surface area contributed by atoms with Crippen LogP contribution >= 0.6 is 0 Å². The highest BCUT2D eigenvalue weighted by atomic mass is 16.5. The molecule has 0 radical (unpaired) electrons. The number of allylic oxidation sites excluding steroid dienone is 4. The van der Waals surface area contributed by atoms with E-state index in [-0.39, 0.29) is 17.1 Å². The molecule has 1 aromatic rings. The molecule has 1 aromatic carbocycles. The van der Waals surface area contributed by atoms with Gasteiger partial charge in [0, 0.05) is 44.6 Å². The summed E-state index contributed by atoms with van der Waals surface area (Å²) < 4.78 is 6.25. The van der Waals surface area contributed by atoms with Gasteiger partial charge in [0.1, 0.15) is 5.60 Å². The minimum atomic E-state index is -0.691. The van der Waals surface area contributed by atoms with Gasteiger partial charge in [-0.2, -0.15) is 0 Å². The molecule has 5 nitrogen and oxygen atoms in total. The molecule has 5 heteroatoms. The van der Waals surface area contributed by atoms with Gasteiger partial charge in [0.15, 0.2) is 5.78 Å². The first-order valence-corrected chi connectivity index (χ1v) is 13.3. The highest BCUT2D eigenvalue weighted by molar-refractivity contribution is 5.97. The van der Waals surface area contributed by atoms with E-state index in [9.17, 15) is 10.0 Å². The van der Waals surface area contributed by atoms with Crippen molar-refractivity contribution < 1.29 is 14.7 Å². The smallest absolute Gasteiger partial charge is 0.164 e. The first-order valence-electron chi connectivity index (χ1n) is 13.3. The molecule has 5 rings (SSSR count). The van der Waals surface area contributed by atoms with Crippen LogP contribution in [-0.4, -0.2) is 43.5 Å². The Bertz CT molecular complexity index is 1100. The fourth-order valence-electron chi connectivity index (χ4n) is 8.24. The molecule has 0 heterocycles.